The van der Waals surface area contributed by atoms with Crippen LogP contribution in [0.15, 0.2) is 164 Å². The first kappa shape index (κ1) is 41.9. The normalized spacial score (nSPS) is 18.2. The number of amides is 2. The highest BCUT2D eigenvalue weighted by Gasteiger charge is 2.41. The van der Waals surface area contributed by atoms with Crippen LogP contribution in [0.5, 0.6) is 0 Å². The van der Waals surface area contributed by atoms with Gasteiger partial charge in [0.15, 0.2) is 11.6 Å². The van der Waals surface area contributed by atoms with Gasteiger partial charge < -0.3 is 0 Å². The Morgan fingerprint density at radius 3 is 0.983 bits per heavy atom. The summed E-state index contributed by atoms with van der Waals surface area (Å²) in [6.07, 6.45) is 7.39. The molecule has 0 atom stereocenters. The molecule has 0 saturated heterocycles. The first-order valence-corrected chi connectivity index (χ1v) is 20.5. The first-order chi connectivity index (χ1) is 28.0. The van der Waals surface area contributed by atoms with Crippen molar-refractivity contribution in [2.45, 2.75) is 83.1 Å². The quantitative estimate of drug-likeness (QED) is 0.245. The van der Waals surface area contributed by atoms with E-state index in [9.17, 15) is 19.2 Å². The Morgan fingerprint density at radius 2 is 0.700 bits per heavy atom. The number of benzene rings is 3. The van der Waals surface area contributed by atoms with Crippen LogP contribution in [0.2, 0.25) is 0 Å². The minimum atomic E-state index is -0.500. The third kappa shape index (κ3) is 7.67. The Balaban J connectivity index is 1.49. The summed E-state index contributed by atoms with van der Waals surface area (Å²) in [6.45, 7) is 24.1. The van der Waals surface area contributed by atoms with Crippen molar-refractivity contribution in [1.82, 2.24) is 0 Å². The third-order valence-electron chi connectivity index (χ3n) is 11.1. The number of ketones is 2. The maximum absolute atomic E-state index is 14.8. The standard InChI is InChI=1S/C52H54N4O4/c1-49(2,3)37-27-33(28-38(45(37)57)50(4,5)6)41-43(53-55(47(41)59)35-22-15-13-16-23-35)31-20-19-21-32(26-31)44-42(48(60)56(54-44)36-24-17-14-18-25-36)34-29-39(51(7,8)9)46(58)40(30-34)52(10,11)12/h13-30H,1-12H3. The number of carbonyl (C=O) groups is 4. The molecule has 2 amide bonds. The largest absolute Gasteiger partial charge is 0.289 e. The average Bonchev–Trinajstić information content (AvgIpc) is 3.70. The molecule has 8 nitrogen and oxygen atoms in total. The highest BCUT2D eigenvalue weighted by Crippen LogP contribution is 2.43. The summed E-state index contributed by atoms with van der Waals surface area (Å²) in [4.78, 5) is 57.6. The summed E-state index contributed by atoms with van der Waals surface area (Å²) in [5.41, 5.74) is 5.71. The van der Waals surface area contributed by atoms with Gasteiger partial charge in [0, 0.05) is 33.4 Å². The van der Waals surface area contributed by atoms with Crippen molar-refractivity contribution in [3.8, 4) is 0 Å². The van der Waals surface area contributed by atoms with E-state index in [-0.39, 0.29) is 23.4 Å². The van der Waals surface area contributed by atoms with Gasteiger partial charge in [0.1, 0.15) is 11.4 Å². The van der Waals surface area contributed by atoms with Gasteiger partial charge >= 0.3 is 0 Å². The maximum Gasteiger partial charge on any atom is 0.281 e. The second-order valence-corrected chi connectivity index (χ2v) is 19.9. The zero-order valence-electron chi connectivity index (χ0n) is 36.8. The molecule has 0 aromatic heterocycles. The van der Waals surface area contributed by atoms with Crippen LogP contribution in [0, 0.1) is 21.7 Å². The molecule has 7 rings (SSSR count). The summed E-state index contributed by atoms with van der Waals surface area (Å²) >= 11 is 0. The highest BCUT2D eigenvalue weighted by molar-refractivity contribution is 6.39. The van der Waals surface area contributed by atoms with Crippen LogP contribution in [-0.2, 0) is 19.2 Å². The molecule has 0 radical (unpaired) electrons. The SMILES string of the molecule is CC(C)(C)C1=CC(=C2C(=O)N(c3ccccc3)N=C2c2cccc(C3=NN(c4ccccc4)C(=O)C3=C3C=C(C(C)(C)C)C(=O)C(C(C)(C)C)=C3)c2)C=C(C(C)(C)C)C1=O. The Morgan fingerprint density at radius 1 is 0.400 bits per heavy atom. The lowest BCUT2D eigenvalue weighted by molar-refractivity contribution is -0.115. The summed E-state index contributed by atoms with van der Waals surface area (Å²) in [5, 5.41) is 12.8. The fourth-order valence-corrected chi connectivity index (χ4v) is 7.81. The molecule has 0 N–H and O–H groups in total. The van der Waals surface area contributed by atoms with Crippen molar-refractivity contribution < 1.29 is 19.2 Å². The third-order valence-corrected chi connectivity index (χ3v) is 11.1. The van der Waals surface area contributed by atoms with E-state index in [1.54, 1.807) is 0 Å². The lowest BCUT2D eigenvalue weighted by Crippen LogP contribution is -2.29. The maximum atomic E-state index is 14.8. The summed E-state index contributed by atoms with van der Waals surface area (Å²) < 4.78 is 0. The molecule has 0 spiro atoms. The van der Waals surface area contributed by atoms with E-state index < -0.39 is 21.7 Å². The van der Waals surface area contributed by atoms with Crippen LogP contribution in [0.3, 0.4) is 0 Å². The molecule has 0 bridgehead atoms. The number of nitrogens with zero attached hydrogens (tertiary/aromatic N) is 4. The van der Waals surface area contributed by atoms with Crippen molar-refractivity contribution in [3.05, 3.63) is 165 Å². The molecule has 4 aliphatic rings. The van der Waals surface area contributed by atoms with E-state index >= 15 is 0 Å². The number of allylic oxidation sites excluding steroid dienone is 10. The molecule has 0 unspecified atom stereocenters. The first-order valence-electron chi connectivity index (χ1n) is 20.5. The second-order valence-electron chi connectivity index (χ2n) is 19.9. The van der Waals surface area contributed by atoms with E-state index in [0.717, 1.165) is 0 Å². The van der Waals surface area contributed by atoms with Gasteiger partial charge in [-0.3, -0.25) is 19.2 Å². The summed E-state index contributed by atoms with van der Waals surface area (Å²) in [6, 6.07) is 26.1. The zero-order chi connectivity index (χ0) is 43.7. The van der Waals surface area contributed by atoms with Gasteiger partial charge in [0.25, 0.3) is 11.8 Å². The van der Waals surface area contributed by atoms with E-state index in [2.05, 4.69) is 0 Å². The smallest absolute Gasteiger partial charge is 0.281 e. The molecule has 2 heterocycles. The molecule has 3 aromatic carbocycles. The monoisotopic (exact) mass is 798 g/mol. The number of hydrazone groups is 2. The molecule has 2 aliphatic heterocycles. The van der Waals surface area contributed by atoms with Crippen LogP contribution in [0.4, 0.5) is 11.4 Å². The van der Waals surface area contributed by atoms with Crippen LogP contribution in [0.25, 0.3) is 0 Å². The Kier molecular flexibility index (Phi) is 10.3. The lowest BCUT2D eigenvalue weighted by Gasteiger charge is -2.31. The number of rotatable bonds is 4. The molecule has 0 fully saturated rings. The van der Waals surface area contributed by atoms with E-state index in [1.807, 2.05) is 192 Å². The van der Waals surface area contributed by atoms with Crippen LogP contribution in [0.1, 0.15) is 94.2 Å². The fraction of sp³-hybridized carbons (Fsp3) is 0.308. The highest BCUT2D eigenvalue weighted by atomic mass is 16.2. The Hall–Kier alpha value is -6.28. The number of para-hydroxylation sites is 2. The van der Waals surface area contributed by atoms with Gasteiger partial charge in [0.2, 0.25) is 0 Å². The number of hydrogen-bond acceptors (Lipinski definition) is 6. The molecule has 306 valence electrons. The molecule has 60 heavy (non-hydrogen) atoms. The van der Waals surface area contributed by atoms with Gasteiger partial charge in [-0.05, 0) is 87.4 Å². The molecule has 8 heteroatoms. The fourth-order valence-electron chi connectivity index (χ4n) is 7.81. The number of hydrogen-bond donors (Lipinski definition) is 0. The number of Topliss-reactive ketones (excluding diaryl/α,β-unsaturated/α-hetero) is 2. The van der Waals surface area contributed by atoms with Gasteiger partial charge in [-0.15, -0.1) is 0 Å². The topological polar surface area (TPSA) is 99.5 Å². The van der Waals surface area contributed by atoms with E-state index in [1.165, 1.54) is 10.0 Å². The van der Waals surface area contributed by atoms with Crippen LogP contribution >= 0.6 is 0 Å². The molecular weight excluding hydrogens is 745 g/mol. The second kappa shape index (κ2) is 14.8. The lowest BCUT2D eigenvalue weighted by atomic mass is 9.71. The zero-order valence-corrected chi connectivity index (χ0v) is 36.8. The minimum absolute atomic E-state index is 0.0330. The molecular formula is C52H54N4O4. The van der Waals surface area contributed by atoms with Crippen molar-refractivity contribution in [1.29, 1.82) is 0 Å². The van der Waals surface area contributed by atoms with E-state index in [4.69, 9.17) is 10.2 Å². The number of anilines is 2. The minimum Gasteiger partial charge on any atom is -0.289 e. The Bertz CT molecular complexity index is 2370. The van der Waals surface area contributed by atoms with Crippen molar-refractivity contribution >= 4 is 46.2 Å². The molecule has 3 aromatic rings. The van der Waals surface area contributed by atoms with Gasteiger partial charge in [0.05, 0.1) is 22.5 Å². The van der Waals surface area contributed by atoms with Crippen LogP contribution < -0.4 is 10.0 Å². The van der Waals surface area contributed by atoms with Crippen molar-refractivity contribution in [2.75, 3.05) is 10.0 Å². The average molecular weight is 799 g/mol. The predicted octanol–water partition coefficient (Wildman–Crippen LogP) is 10.8. The van der Waals surface area contributed by atoms with Crippen molar-refractivity contribution in [3.63, 3.8) is 0 Å². The van der Waals surface area contributed by atoms with Gasteiger partial charge in [-0.1, -0.05) is 138 Å². The summed E-state index contributed by atoms with van der Waals surface area (Å²) in [5.74, 6) is -0.709. The molecule has 2 aliphatic carbocycles. The van der Waals surface area contributed by atoms with Crippen LogP contribution in [-0.4, -0.2) is 34.8 Å². The Labute approximate surface area is 354 Å². The predicted molar refractivity (Wildman–Crippen MR) is 242 cm³/mol. The van der Waals surface area contributed by atoms with Gasteiger partial charge in [-0.2, -0.15) is 20.2 Å². The van der Waals surface area contributed by atoms with Gasteiger partial charge in [-0.25, -0.2) is 0 Å². The number of carbonyl (C=O) groups excluding carboxylic acids is 4. The molecule has 0 saturated carbocycles. The summed E-state index contributed by atoms with van der Waals surface area (Å²) in [7, 11) is 0. The van der Waals surface area contributed by atoms with E-state index in [0.29, 0.717) is 78.5 Å². The van der Waals surface area contributed by atoms with Crippen molar-refractivity contribution in [2.24, 2.45) is 31.9 Å².